The van der Waals surface area contributed by atoms with E-state index in [0.29, 0.717) is 32.2 Å². The van der Waals surface area contributed by atoms with Crippen molar-refractivity contribution < 1.29 is 19.1 Å². The number of rotatable bonds is 5. The first-order valence-electron chi connectivity index (χ1n) is 10.0. The minimum absolute atomic E-state index is 0.142. The van der Waals surface area contributed by atoms with Crippen molar-refractivity contribution in [1.82, 2.24) is 9.80 Å². The van der Waals surface area contributed by atoms with Crippen molar-refractivity contribution in [1.29, 1.82) is 0 Å². The molecule has 2 aliphatic heterocycles. The minimum atomic E-state index is -0.467. The van der Waals surface area contributed by atoms with Crippen molar-refractivity contribution >= 4 is 17.9 Å². The van der Waals surface area contributed by atoms with Crippen LogP contribution in [-0.2, 0) is 9.47 Å². The second-order valence-corrected chi connectivity index (χ2v) is 8.50. The summed E-state index contributed by atoms with van der Waals surface area (Å²) in [6.45, 7) is 8.06. The number of piperidine rings is 1. The molecule has 7 nitrogen and oxygen atoms in total. The van der Waals surface area contributed by atoms with Gasteiger partial charge in [0.1, 0.15) is 18.4 Å². The van der Waals surface area contributed by atoms with E-state index in [0.717, 1.165) is 24.9 Å². The summed E-state index contributed by atoms with van der Waals surface area (Å²) in [5.74, 6) is 0.490. The molecule has 2 aliphatic rings. The lowest BCUT2D eigenvalue weighted by molar-refractivity contribution is 0.0179. The van der Waals surface area contributed by atoms with E-state index in [1.54, 1.807) is 9.80 Å². The molecule has 2 heterocycles. The van der Waals surface area contributed by atoms with Crippen LogP contribution in [0.15, 0.2) is 30.3 Å². The van der Waals surface area contributed by atoms with Gasteiger partial charge in [0.15, 0.2) is 0 Å². The summed E-state index contributed by atoms with van der Waals surface area (Å²) in [5, 5.41) is 3.36. The molecule has 1 aromatic carbocycles. The molecule has 1 N–H and O–H groups in total. The lowest BCUT2D eigenvalue weighted by atomic mass is 9.93. The number of hydrogen-bond donors (Lipinski definition) is 1. The first kappa shape index (κ1) is 20.3. The van der Waals surface area contributed by atoms with E-state index >= 15 is 0 Å². The molecule has 0 aromatic heterocycles. The highest BCUT2D eigenvalue weighted by Gasteiger charge is 2.34. The molecule has 154 valence electrons. The van der Waals surface area contributed by atoms with Gasteiger partial charge in [-0.3, -0.25) is 4.90 Å². The summed E-state index contributed by atoms with van der Waals surface area (Å²) in [6.07, 6.45) is 2.12. The van der Waals surface area contributed by atoms with Crippen molar-refractivity contribution in [2.45, 2.75) is 51.8 Å². The number of nitrogens with one attached hydrogen (secondary N) is 1. The smallest absolute Gasteiger partial charge is 0.411 e. The first-order chi connectivity index (χ1) is 13.3. The van der Waals surface area contributed by atoms with Crippen molar-refractivity contribution in [2.24, 2.45) is 5.92 Å². The molecule has 7 heteroatoms. The third-order valence-corrected chi connectivity index (χ3v) is 5.13. The molecular formula is C21H31N3O4. The quantitative estimate of drug-likeness (QED) is 0.827. The number of cyclic esters (lactones) is 1. The third-order valence-electron chi connectivity index (χ3n) is 5.13. The number of para-hydroxylation sites is 1. The summed E-state index contributed by atoms with van der Waals surface area (Å²) in [7, 11) is 0. The Morgan fingerprint density at radius 1 is 1.21 bits per heavy atom. The zero-order valence-corrected chi connectivity index (χ0v) is 17.0. The predicted octanol–water partition coefficient (Wildman–Crippen LogP) is 3.91. The Kier molecular flexibility index (Phi) is 6.31. The van der Waals surface area contributed by atoms with Crippen LogP contribution in [0.3, 0.4) is 0 Å². The Bertz CT molecular complexity index is 666. The average Bonchev–Trinajstić information content (AvgIpc) is 2.99. The zero-order chi connectivity index (χ0) is 20.1. The summed E-state index contributed by atoms with van der Waals surface area (Å²) in [6, 6.07) is 9.84. The molecule has 28 heavy (non-hydrogen) atoms. The van der Waals surface area contributed by atoms with Gasteiger partial charge in [-0.15, -0.1) is 0 Å². The first-order valence-corrected chi connectivity index (χ1v) is 10.0. The van der Waals surface area contributed by atoms with Crippen molar-refractivity contribution in [3.63, 3.8) is 0 Å². The highest BCUT2D eigenvalue weighted by atomic mass is 16.6. The number of amides is 2. The molecule has 0 spiro atoms. The lowest BCUT2D eigenvalue weighted by Crippen LogP contribution is -2.43. The summed E-state index contributed by atoms with van der Waals surface area (Å²) >= 11 is 0. The van der Waals surface area contributed by atoms with E-state index in [4.69, 9.17) is 9.47 Å². The zero-order valence-electron chi connectivity index (χ0n) is 17.0. The third kappa shape index (κ3) is 5.53. The Morgan fingerprint density at radius 2 is 1.89 bits per heavy atom. The van der Waals surface area contributed by atoms with Gasteiger partial charge in [-0.25, -0.2) is 9.59 Å². The normalized spacial score (nSPS) is 20.8. The number of nitrogens with zero attached hydrogens (tertiary/aromatic N) is 2. The molecule has 0 radical (unpaired) electrons. The van der Waals surface area contributed by atoms with Crippen LogP contribution in [0.2, 0.25) is 0 Å². The van der Waals surface area contributed by atoms with Crippen LogP contribution < -0.4 is 5.32 Å². The molecule has 3 rings (SSSR count). The number of anilines is 1. The highest BCUT2D eigenvalue weighted by Crippen LogP contribution is 2.24. The molecular weight excluding hydrogens is 358 g/mol. The van der Waals surface area contributed by atoms with Gasteiger partial charge in [0, 0.05) is 25.3 Å². The number of carbonyl (C=O) groups excluding carboxylic acids is 2. The van der Waals surface area contributed by atoms with Crippen LogP contribution in [0.4, 0.5) is 15.3 Å². The van der Waals surface area contributed by atoms with Crippen LogP contribution in [0.25, 0.3) is 0 Å². The molecule has 0 bridgehead atoms. The van der Waals surface area contributed by atoms with Crippen molar-refractivity contribution in [3.05, 3.63) is 30.3 Å². The van der Waals surface area contributed by atoms with Gasteiger partial charge < -0.3 is 19.7 Å². The van der Waals surface area contributed by atoms with Crippen LogP contribution in [-0.4, -0.2) is 60.0 Å². The van der Waals surface area contributed by atoms with Gasteiger partial charge >= 0.3 is 12.2 Å². The molecule has 2 amide bonds. The number of likely N-dealkylation sites (tertiary alicyclic amines) is 1. The lowest BCUT2D eigenvalue weighted by Gasteiger charge is -2.34. The Balaban J connectivity index is 1.45. The summed E-state index contributed by atoms with van der Waals surface area (Å²) < 4.78 is 10.7. The SMILES string of the molecule is CC(C)(C)OC(=O)N1CCC(CCN2C(=O)OC[C@H]2Nc2ccccc2)CC1. The maximum atomic E-state index is 12.2. The Labute approximate surface area is 167 Å². The summed E-state index contributed by atoms with van der Waals surface area (Å²) in [5.41, 5.74) is 0.506. The second-order valence-electron chi connectivity index (χ2n) is 8.50. The fourth-order valence-corrected chi connectivity index (χ4v) is 3.60. The maximum Gasteiger partial charge on any atom is 0.411 e. The van der Waals surface area contributed by atoms with Crippen molar-refractivity contribution in [3.8, 4) is 0 Å². The van der Waals surface area contributed by atoms with E-state index in [-0.39, 0.29) is 18.4 Å². The topological polar surface area (TPSA) is 71.1 Å². The molecule has 1 atom stereocenters. The van der Waals surface area contributed by atoms with Gasteiger partial charge in [0.05, 0.1) is 0 Å². The molecule has 0 unspecified atom stereocenters. The van der Waals surface area contributed by atoms with Gasteiger partial charge in [-0.2, -0.15) is 0 Å². The molecule has 0 saturated carbocycles. The monoisotopic (exact) mass is 389 g/mol. The van der Waals surface area contributed by atoms with E-state index in [2.05, 4.69) is 5.32 Å². The van der Waals surface area contributed by atoms with E-state index in [1.165, 1.54) is 0 Å². The highest BCUT2D eigenvalue weighted by molar-refractivity contribution is 5.71. The molecule has 1 aromatic rings. The average molecular weight is 389 g/mol. The van der Waals surface area contributed by atoms with Gasteiger partial charge in [0.25, 0.3) is 0 Å². The number of carbonyl (C=O) groups is 2. The van der Waals surface area contributed by atoms with Crippen LogP contribution in [0.5, 0.6) is 0 Å². The van der Waals surface area contributed by atoms with Crippen molar-refractivity contribution in [2.75, 3.05) is 31.6 Å². The van der Waals surface area contributed by atoms with Crippen LogP contribution >= 0.6 is 0 Å². The predicted molar refractivity (Wildman–Crippen MR) is 107 cm³/mol. The Morgan fingerprint density at radius 3 is 2.54 bits per heavy atom. The van der Waals surface area contributed by atoms with Gasteiger partial charge in [0.2, 0.25) is 0 Å². The standard InChI is InChI=1S/C21H31N3O4/c1-21(2,3)28-19(25)23-12-9-16(10-13-23)11-14-24-18(15-27-20(24)26)22-17-7-5-4-6-8-17/h4-8,16,18,22H,9-15H2,1-3H3/t18-/m0/s1. The second kappa shape index (κ2) is 8.71. The van der Waals surface area contributed by atoms with Crippen LogP contribution in [0, 0.1) is 5.92 Å². The number of ether oxygens (including phenoxy) is 2. The van der Waals surface area contributed by atoms with Gasteiger partial charge in [-0.1, -0.05) is 18.2 Å². The molecule has 2 fully saturated rings. The van der Waals surface area contributed by atoms with E-state index in [9.17, 15) is 9.59 Å². The van der Waals surface area contributed by atoms with E-state index < -0.39 is 5.60 Å². The number of hydrogen-bond acceptors (Lipinski definition) is 5. The summed E-state index contributed by atoms with van der Waals surface area (Å²) in [4.78, 5) is 27.8. The maximum absolute atomic E-state index is 12.2. The van der Waals surface area contributed by atoms with Gasteiger partial charge in [-0.05, 0) is 58.1 Å². The Hall–Kier alpha value is -2.44. The van der Waals surface area contributed by atoms with Crippen LogP contribution in [0.1, 0.15) is 40.0 Å². The largest absolute Gasteiger partial charge is 0.445 e. The number of benzene rings is 1. The fraction of sp³-hybridized carbons (Fsp3) is 0.619. The van der Waals surface area contributed by atoms with E-state index in [1.807, 2.05) is 51.1 Å². The fourth-order valence-electron chi connectivity index (χ4n) is 3.60. The molecule has 0 aliphatic carbocycles. The minimum Gasteiger partial charge on any atom is -0.445 e. The molecule has 2 saturated heterocycles.